The smallest absolute Gasteiger partial charge is 0.160 e. The van der Waals surface area contributed by atoms with Gasteiger partial charge in [-0.2, -0.15) is 0 Å². The summed E-state index contributed by atoms with van der Waals surface area (Å²) in [6.45, 7) is 0. The Labute approximate surface area is 302 Å². The van der Waals surface area contributed by atoms with E-state index >= 15 is 0 Å². The Bertz CT molecular complexity index is 3180. The first-order valence-corrected chi connectivity index (χ1v) is 18.2. The largest absolute Gasteiger partial charge is 0.455 e. The van der Waals surface area contributed by atoms with Gasteiger partial charge in [0.1, 0.15) is 11.2 Å². The van der Waals surface area contributed by atoms with Gasteiger partial charge in [-0.05, 0) is 40.8 Å². The summed E-state index contributed by atoms with van der Waals surface area (Å²) in [5.74, 6) is 0.733. The van der Waals surface area contributed by atoms with E-state index in [0.29, 0.717) is 0 Å². The van der Waals surface area contributed by atoms with Crippen molar-refractivity contribution in [1.82, 2.24) is 15.0 Å². The summed E-state index contributed by atoms with van der Waals surface area (Å²) in [4.78, 5) is 15.7. The van der Waals surface area contributed by atoms with Crippen molar-refractivity contribution in [3.8, 4) is 45.0 Å². The van der Waals surface area contributed by atoms with E-state index in [9.17, 15) is 0 Å². The van der Waals surface area contributed by atoms with Gasteiger partial charge < -0.3 is 4.42 Å². The fourth-order valence-electron chi connectivity index (χ4n) is 7.58. The maximum Gasteiger partial charge on any atom is 0.160 e. The number of rotatable bonds is 4. The zero-order valence-electron chi connectivity index (χ0n) is 27.7. The van der Waals surface area contributed by atoms with Gasteiger partial charge in [0.05, 0.1) is 32.5 Å². The number of furan rings is 1. The monoisotopic (exact) mass is 681 g/mol. The average molecular weight is 682 g/mol. The van der Waals surface area contributed by atoms with E-state index in [2.05, 4.69) is 133 Å². The maximum atomic E-state index is 6.58. The third kappa shape index (κ3) is 4.50. The van der Waals surface area contributed by atoms with Crippen molar-refractivity contribution in [2.75, 3.05) is 0 Å². The Morgan fingerprint density at radius 3 is 2.02 bits per heavy atom. The molecule has 0 N–H and O–H groups in total. The molecule has 5 heteroatoms. The number of pyridine rings is 1. The standard InChI is InChI=1S/C47H27N3OS/c1-2-12-31(13-3-1)47-49-42(46-44(50-47)36-18-7-9-20-39(36)52-46)30-23-21-28(22-24-30)32-14-10-15-33(27-32)41-40-35-17-6-8-19-38(35)51-45(40)37-26-25-29-11-4-5-16-34(29)43(37)48-41/h1-27H. The van der Waals surface area contributed by atoms with Crippen LogP contribution in [0.4, 0.5) is 0 Å². The summed E-state index contributed by atoms with van der Waals surface area (Å²) in [5.41, 5.74) is 10.9. The number of fused-ring (bicyclic) bond motifs is 10. The highest BCUT2D eigenvalue weighted by atomic mass is 32.1. The second-order valence-electron chi connectivity index (χ2n) is 13.1. The quantitative estimate of drug-likeness (QED) is 0.174. The highest BCUT2D eigenvalue weighted by Gasteiger charge is 2.20. The Morgan fingerprint density at radius 1 is 0.423 bits per heavy atom. The summed E-state index contributed by atoms with van der Waals surface area (Å²) in [7, 11) is 0. The molecule has 0 aliphatic carbocycles. The number of hydrogen-bond donors (Lipinski definition) is 0. The summed E-state index contributed by atoms with van der Waals surface area (Å²) < 4.78 is 8.89. The van der Waals surface area contributed by atoms with Crippen LogP contribution in [-0.2, 0) is 0 Å². The molecule has 0 saturated heterocycles. The average Bonchev–Trinajstić information content (AvgIpc) is 3.80. The Morgan fingerprint density at radius 2 is 1.13 bits per heavy atom. The number of thiophene rings is 1. The minimum Gasteiger partial charge on any atom is -0.455 e. The normalized spacial score (nSPS) is 11.8. The number of benzene rings is 7. The van der Waals surface area contributed by atoms with Gasteiger partial charge in [0, 0.05) is 42.9 Å². The lowest BCUT2D eigenvalue weighted by molar-refractivity contribution is 0.672. The van der Waals surface area contributed by atoms with Gasteiger partial charge in [-0.1, -0.05) is 140 Å². The summed E-state index contributed by atoms with van der Waals surface area (Å²) in [5, 5.41) is 6.56. The van der Waals surface area contributed by atoms with Crippen LogP contribution < -0.4 is 0 Å². The predicted molar refractivity (Wildman–Crippen MR) is 217 cm³/mol. The molecule has 0 aliphatic rings. The summed E-state index contributed by atoms with van der Waals surface area (Å²) in [6.07, 6.45) is 0. The van der Waals surface area contributed by atoms with Gasteiger partial charge in [0.2, 0.25) is 0 Å². The zero-order chi connectivity index (χ0) is 34.2. The fourth-order valence-corrected chi connectivity index (χ4v) is 8.73. The summed E-state index contributed by atoms with van der Waals surface area (Å²) in [6, 6.07) is 57.2. The minimum atomic E-state index is 0.733. The molecule has 0 fully saturated rings. The molecule has 0 atom stereocenters. The van der Waals surface area contributed by atoms with E-state index in [1.54, 1.807) is 11.3 Å². The molecule has 0 saturated carbocycles. The number of hydrogen-bond acceptors (Lipinski definition) is 5. The van der Waals surface area contributed by atoms with E-state index in [4.69, 9.17) is 19.4 Å². The molecule has 242 valence electrons. The number of aromatic nitrogens is 3. The molecule has 11 rings (SSSR count). The zero-order valence-corrected chi connectivity index (χ0v) is 28.6. The Balaban J connectivity index is 1.06. The van der Waals surface area contributed by atoms with E-state index in [0.717, 1.165) is 104 Å². The van der Waals surface area contributed by atoms with E-state index in [-0.39, 0.29) is 0 Å². The molecule has 52 heavy (non-hydrogen) atoms. The maximum absolute atomic E-state index is 6.58. The summed E-state index contributed by atoms with van der Waals surface area (Å²) >= 11 is 1.75. The Kier molecular flexibility index (Phi) is 6.39. The molecule has 0 amide bonds. The SMILES string of the molecule is c1ccc(-c2nc(-c3ccc(-c4cccc(-c5nc6c7ccccc7ccc6c6oc7ccccc7c56)c4)cc3)c3sc4ccccc4c3n2)cc1. The molecule has 4 heterocycles. The van der Waals surface area contributed by atoms with E-state index < -0.39 is 0 Å². The van der Waals surface area contributed by atoms with Crippen LogP contribution in [-0.4, -0.2) is 15.0 Å². The second kappa shape index (κ2) is 11.4. The first kappa shape index (κ1) is 29.1. The molecule has 0 radical (unpaired) electrons. The first-order chi connectivity index (χ1) is 25.8. The van der Waals surface area contributed by atoms with Crippen LogP contribution in [0.15, 0.2) is 168 Å². The Hall–Kier alpha value is -6.69. The number of para-hydroxylation sites is 1. The molecule has 0 spiro atoms. The van der Waals surface area contributed by atoms with Crippen LogP contribution in [0.2, 0.25) is 0 Å². The molecule has 4 nitrogen and oxygen atoms in total. The van der Waals surface area contributed by atoms with Gasteiger partial charge >= 0.3 is 0 Å². The lowest BCUT2D eigenvalue weighted by Gasteiger charge is -2.11. The third-order valence-electron chi connectivity index (χ3n) is 10.1. The highest BCUT2D eigenvalue weighted by molar-refractivity contribution is 7.26. The van der Waals surface area contributed by atoms with E-state index in [1.165, 1.54) is 4.70 Å². The highest BCUT2D eigenvalue weighted by Crippen LogP contribution is 2.43. The van der Waals surface area contributed by atoms with Gasteiger partial charge in [-0.3, -0.25) is 0 Å². The lowest BCUT2D eigenvalue weighted by Crippen LogP contribution is -1.93. The van der Waals surface area contributed by atoms with Crippen molar-refractivity contribution in [2.24, 2.45) is 0 Å². The molecule has 0 unspecified atom stereocenters. The van der Waals surface area contributed by atoms with Crippen LogP contribution in [0, 0.1) is 0 Å². The second-order valence-corrected chi connectivity index (χ2v) is 14.2. The van der Waals surface area contributed by atoms with Crippen molar-refractivity contribution < 1.29 is 4.42 Å². The van der Waals surface area contributed by atoms with Gasteiger partial charge in [-0.15, -0.1) is 11.3 Å². The molecular formula is C47H27N3OS. The van der Waals surface area contributed by atoms with Crippen LogP contribution >= 0.6 is 11.3 Å². The van der Waals surface area contributed by atoms with Gasteiger partial charge in [0.25, 0.3) is 0 Å². The molecule has 0 aliphatic heterocycles. The van der Waals surface area contributed by atoms with Crippen LogP contribution in [0.5, 0.6) is 0 Å². The molecular weight excluding hydrogens is 655 g/mol. The van der Waals surface area contributed by atoms with Crippen LogP contribution in [0.1, 0.15) is 0 Å². The molecule has 11 aromatic rings. The van der Waals surface area contributed by atoms with Crippen molar-refractivity contribution in [2.45, 2.75) is 0 Å². The molecule has 4 aromatic heterocycles. The van der Waals surface area contributed by atoms with E-state index in [1.807, 2.05) is 30.3 Å². The molecule has 7 aromatic carbocycles. The minimum absolute atomic E-state index is 0.733. The van der Waals surface area contributed by atoms with Crippen LogP contribution in [0.25, 0.3) is 109 Å². The van der Waals surface area contributed by atoms with Crippen molar-refractivity contribution in [3.05, 3.63) is 164 Å². The topological polar surface area (TPSA) is 51.8 Å². The van der Waals surface area contributed by atoms with Gasteiger partial charge in [0.15, 0.2) is 5.82 Å². The lowest BCUT2D eigenvalue weighted by atomic mass is 9.96. The molecule has 0 bridgehead atoms. The first-order valence-electron chi connectivity index (χ1n) is 17.4. The van der Waals surface area contributed by atoms with Gasteiger partial charge in [-0.25, -0.2) is 15.0 Å². The van der Waals surface area contributed by atoms with Crippen molar-refractivity contribution >= 4 is 75.3 Å². The third-order valence-corrected chi connectivity index (χ3v) is 11.2. The van der Waals surface area contributed by atoms with Crippen LogP contribution in [0.3, 0.4) is 0 Å². The van der Waals surface area contributed by atoms with Crippen molar-refractivity contribution in [3.63, 3.8) is 0 Å². The number of nitrogens with zero attached hydrogens (tertiary/aromatic N) is 3. The van der Waals surface area contributed by atoms with Crippen molar-refractivity contribution in [1.29, 1.82) is 0 Å². The fraction of sp³-hybridized carbons (Fsp3) is 0. The predicted octanol–water partition coefficient (Wildman–Crippen LogP) is 13.1.